The van der Waals surface area contributed by atoms with Crippen LogP contribution in [0.1, 0.15) is 18.4 Å². The Morgan fingerprint density at radius 3 is 3.05 bits per heavy atom. The lowest BCUT2D eigenvalue weighted by Gasteiger charge is -2.33. The van der Waals surface area contributed by atoms with Gasteiger partial charge in [-0.1, -0.05) is 0 Å². The molecule has 0 saturated carbocycles. The molecule has 6 nitrogen and oxygen atoms in total. The van der Waals surface area contributed by atoms with E-state index in [1.807, 2.05) is 24.0 Å². The topological polar surface area (TPSA) is 77.9 Å². The Hall–Kier alpha value is -1.89. The molecule has 1 aromatic heterocycles. The van der Waals surface area contributed by atoms with Crippen molar-refractivity contribution in [2.45, 2.75) is 32.4 Å². The highest BCUT2D eigenvalue weighted by Crippen LogP contribution is 2.13. The summed E-state index contributed by atoms with van der Waals surface area (Å²) >= 11 is 0. The molecule has 2 heterocycles. The van der Waals surface area contributed by atoms with Crippen molar-refractivity contribution in [2.75, 3.05) is 26.2 Å². The molecule has 0 bridgehead atoms. The van der Waals surface area contributed by atoms with Crippen LogP contribution in [0.4, 0.5) is 0 Å². The predicted molar refractivity (Wildman–Crippen MR) is 77.1 cm³/mol. The van der Waals surface area contributed by atoms with Crippen molar-refractivity contribution < 1.29 is 4.74 Å². The summed E-state index contributed by atoms with van der Waals surface area (Å²) < 4.78 is 7.68. The van der Waals surface area contributed by atoms with Crippen LogP contribution < -0.4 is 0 Å². The predicted octanol–water partition coefficient (Wildman–Crippen LogP) is 1.34. The lowest BCUT2D eigenvalue weighted by molar-refractivity contribution is -0.0400. The second kappa shape index (κ2) is 7.78. The van der Waals surface area contributed by atoms with Crippen molar-refractivity contribution >= 4 is 0 Å². The Morgan fingerprint density at radius 2 is 2.38 bits per heavy atom. The van der Waals surface area contributed by atoms with E-state index in [-0.39, 0.29) is 12.0 Å². The minimum absolute atomic E-state index is 0.0738. The fraction of sp³-hybridized carbons (Fsp3) is 0.667. The first kappa shape index (κ1) is 15.5. The van der Waals surface area contributed by atoms with Crippen LogP contribution in [-0.4, -0.2) is 47.0 Å². The van der Waals surface area contributed by atoms with E-state index < -0.39 is 0 Å². The summed E-state index contributed by atoms with van der Waals surface area (Å²) in [4.78, 5) is 2.26. The van der Waals surface area contributed by atoms with Gasteiger partial charge in [-0.05, 0) is 18.9 Å². The van der Waals surface area contributed by atoms with E-state index in [0.717, 1.165) is 31.7 Å². The Bertz CT molecular complexity index is 527. The molecule has 2 atom stereocenters. The number of nitriles is 2. The third-order valence-corrected chi connectivity index (χ3v) is 3.64. The number of aryl methyl sites for hydroxylation is 1. The second-order valence-corrected chi connectivity index (χ2v) is 5.51. The monoisotopic (exact) mass is 287 g/mol. The van der Waals surface area contributed by atoms with Gasteiger partial charge in [0.15, 0.2) is 0 Å². The molecule has 0 spiro atoms. The Labute approximate surface area is 125 Å². The van der Waals surface area contributed by atoms with Crippen LogP contribution in [0.2, 0.25) is 0 Å². The van der Waals surface area contributed by atoms with Gasteiger partial charge in [0, 0.05) is 32.3 Å². The van der Waals surface area contributed by atoms with Gasteiger partial charge in [-0.3, -0.25) is 9.58 Å². The zero-order valence-electron chi connectivity index (χ0n) is 12.4. The van der Waals surface area contributed by atoms with Crippen molar-refractivity contribution in [3.05, 3.63) is 18.0 Å². The maximum absolute atomic E-state index is 9.16. The van der Waals surface area contributed by atoms with Gasteiger partial charge < -0.3 is 4.74 Å². The van der Waals surface area contributed by atoms with E-state index in [0.29, 0.717) is 19.4 Å². The van der Waals surface area contributed by atoms with Gasteiger partial charge in [-0.2, -0.15) is 15.6 Å². The van der Waals surface area contributed by atoms with Crippen molar-refractivity contribution in [2.24, 2.45) is 5.92 Å². The molecule has 0 aromatic carbocycles. The quantitative estimate of drug-likeness (QED) is 0.789. The standard InChI is InChI=1S/C15H21N5O/c1-13-8-18-20(9-13)12-15-11-19(5-6-21-15)10-14(7-17)3-2-4-16/h8-9,14-15H,2-3,5-6,10-12H2,1H3/t14-,15-/m1/s1. The highest BCUT2D eigenvalue weighted by molar-refractivity contribution is 4.99. The average Bonchev–Trinajstić information content (AvgIpc) is 2.89. The molecule has 0 unspecified atom stereocenters. The minimum Gasteiger partial charge on any atom is -0.374 e. The van der Waals surface area contributed by atoms with E-state index in [1.54, 1.807) is 0 Å². The molecule has 1 aromatic rings. The first-order chi connectivity index (χ1) is 10.2. The van der Waals surface area contributed by atoms with Gasteiger partial charge in [0.05, 0.1) is 43.5 Å². The van der Waals surface area contributed by atoms with E-state index in [4.69, 9.17) is 15.3 Å². The third-order valence-electron chi connectivity index (χ3n) is 3.64. The summed E-state index contributed by atoms with van der Waals surface area (Å²) in [5.74, 6) is -0.0738. The van der Waals surface area contributed by atoms with Crippen LogP contribution in [0.25, 0.3) is 0 Å². The van der Waals surface area contributed by atoms with Crippen LogP contribution in [0, 0.1) is 35.5 Å². The first-order valence-electron chi connectivity index (χ1n) is 7.31. The van der Waals surface area contributed by atoms with Crippen molar-refractivity contribution in [1.29, 1.82) is 10.5 Å². The number of hydrogen-bond acceptors (Lipinski definition) is 5. The van der Waals surface area contributed by atoms with E-state index in [2.05, 4.69) is 22.1 Å². The Kier molecular flexibility index (Phi) is 5.74. The third kappa shape index (κ3) is 4.86. The summed E-state index contributed by atoms with van der Waals surface area (Å²) in [6, 6.07) is 4.41. The van der Waals surface area contributed by atoms with Crippen molar-refractivity contribution in [1.82, 2.24) is 14.7 Å². The summed E-state index contributed by atoms with van der Waals surface area (Å²) in [5.41, 5.74) is 1.14. The zero-order chi connectivity index (χ0) is 15.1. The summed E-state index contributed by atoms with van der Waals surface area (Å²) in [7, 11) is 0. The molecule has 1 saturated heterocycles. The van der Waals surface area contributed by atoms with Gasteiger partial charge >= 0.3 is 0 Å². The minimum atomic E-state index is -0.0738. The van der Waals surface area contributed by atoms with Gasteiger partial charge in [0.1, 0.15) is 0 Å². The molecule has 1 fully saturated rings. The molecule has 112 valence electrons. The maximum Gasteiger partial charge on any atom is 0.0898 e. The Balaban J connectivity index is 1.83. The molecule has 21 heavy (non-hydrogen) atoms. The lowest BCUT2D eigenvalue weighted by atomic mass is 10.0. The molecule has 6 heteroatoms. The SMILES string of the molecule is Cc1cnn(C[C@H]2CN(C[C@@H](C#N)CCC#N)CCO2)c1. The van der Waals surface area contributed by atoms with Gasteiger partial charge in [-0.25, -0.2) is 0 Å². The number of rotatable bonds is 6. The molecular weight excluding hydrogens is 266 g/mol. The number of aromatic nitrogens is 2. The number of hydrogen-bond donors (Lipinski definition) is 0. The smallest absolute Gasteiger partial charge is 0.0898 e. The molecule has 0 amide bonds. The normalized spacial score (nSPS) is 20.6. The van der Waals surface area contributed by atoms with E-state index in [1.165, 1.54) is 0 Å². The highest BCUT2D eigenvalue weighted by Gasteiger charge is 2.23. The molecule has 2 rings (SSSR count). The van der Waals surface area contributed by atoms with Gasteiger partial charge in [0.2, 0.25) is 0 Å². The van der Waals surface area contributed by atoms with E-state index >= 15 is 0 Å². The van der Waals surface area contributed by atoms with Gasteiger partial charge in [0.25, 0.3) is 0 Å². The number of morpholine rings is 1. The van der Waals surface area contributed by atoms with Gasteiger partial charge in [-0.15, -0.1) is 0 Å². The summed E-state index contributed by atoms with van der Waals surface area (Å²) in [5, 5.41) is 22.1. The van der Waals surface area contributed by atoms with Crippen molar-refractivity contribution in [3.8, 4) is 12.1 Å². The Morgan fingerprint density at radius 1 is 1.52 bits per heavy atom. The summed E-state index contributed by atoms with van der Waals surface area (Å²) in [6.07, 6.45) is 5.04. The van der Waals surface area contributed by atoms with Crippen LogP contribution >= 0.6 is 0 Å². The van der Waals surface area contributed by atoms with Crippen LogP contribution in [0.15, 0.2) is 12.4 Å². The van der Waals surface area contributed by atoms with Crippen LogP contribution in [0.3, 0.4) is 0 Å². The molecule has 1 aliphatic heterocycles. The number of nitrogens with zero attached hydrogens (tertiary/aromatic N) is 5. The molecular formula is C15H21N5O. The summed E-state index contributed by atoms with van der Waals surface area (Å²) in [6.45, 7) is 5.81. The zero-order valence-corrected chi connectivity index (χ0v) is 12.4. The van der Waals surface area contributed by atoms with E-state index in [9.17, 15) is 0 Å². The average molecular weight is 287 g/mol. The maximum atomic E-state index is 9.16. The fourth-order valence-corrected chi connectivity index (χ4v) is 2.58. The largest absolute Gasteiger partial charge is 0.374 e. The van der Waals surface area contributed by atoms with Crippen LogP contribution in [0.5, 0.6) is 0 Å². The molecule has 0 aliphatic carbocycles. The first-order valence-corrected chi connectivity index (χ1v) is 7.31. The second-order valence-electron chi connectivity index (χ2n) is 5.51. The molecule has 0 radical (unpaired) electrons. The fourth-order valence-electron chi connectivity index (χ4n) is 2.58. The number of ether oxygens (including phenoxy) is 1. The lowest BCUT2D eigenvalue weighted by Crippen LogP contribution is -2.45. The van der Waals surface area contributed by atoms with Crippen LogP contribution in [-0.2, 0) is 11.3 Å². The van der Waals surface area contributed by atoms with Crippen molar-refractivity contribution in [3.63, 3.8) is 0 Å². The highest BCUT2D eigenvalue weighted by atomic mass is 16.5. The molecule has 0 N–H and O–H groups in total. The molecule has 1 aliphatic rings.